The lowest BCUT2D eigenvalue weighted by atomic mass is 10.1. The Kier molecular flexibility index (Phi) is 5.52. The predicted molar refractivity (Wildman–Crippen MR) is 69.8 cm³/mol. The third-order valence-corrected chi connectivity index (χ3v) is 2.69. The molecule has 4 nitrogen and oxygen atoms in total. The van der Waals surface area contributed by atoms with Crippen LogP contribution in [0.15, 0.2) is 36.4 Å². The third-order valence-electron chi connectivity index (χ3n) is 2.69. The molecule has 21 heavy (non-hydrogen) atoms. The minimum atomic E-state index is -4.48. The number of halogens is 3. The van der Waals surface area contributed by atoms with Gasteiger partial charge in [0.25, 0.3) is 5.91 Å². The fourth-order valence-corrected chi connectivity index (χ4v) is 1.55. The highest BCUT2D eigenvalue weighted by atomic mass is 19.4. The van der Waals surface area contributed by atoms with E-state index < -0.39 is 29.7 Å². The second-order valence-electron chi connectivity index (χ2n) is 4.24. The van der Waals surface area contributed by atoms with Crippen LogP contribution in [0.5, 0.6) is 0 Å². The van der Waals surface area contributed by atoms with Crippen molar-refractivity contribution in [3.63, 3.8) is 0 Å². The molecule has 7 heteroatoms. The van der Waals surface area contributed by atoms with Gasteiger partial charge in [-0.15, -0.1) is 0 Å². The molecule has 114 valence electrons. The summed E-state index contributed by atoms with van der Waals surface area (Å²) in [5.74, 6) is -1.95. The Bertz CT molecular complexity index is 535. The van der Waals surface area contributed by atoms with Crippen molar-refractivity contribution < 1.29 is 27.9 Å². The summed E-state index contributed by atoms with van der Waals surface area (Å²) in [6, 6.07) is 2.43. The Balaban J connectivity index is 2.81. The van der Waals surface area contributed by atoms with Crippen LogP contribution in [0.2, 0.25) is 0 Å². The number of amides is 1. The first-order valence-corrected chi connectivity index (χ1v) is 6.07. The van der Waals surface area contributed by atoms with Crippen LogP contribution in [-0.2, 0) is 11.0 Å². The number of allylic oxidation sites excluding steroid dienone is 1. The number of rotatable bonds is 5. The van der Waals surface area contributed by atoms with Crippen molar-refractivity contribution in [2.24, 2.45) is 0 Å². The van der Waals surface area contributed by atoms with Crippen molar-refractivity contribution in [3.8, 4) is 0 Å². The first kappa shape index (κ1) is 16.7. The Hall–Kier alpha value is -2.31. The minimum Gasteiger partial charge on any atom is -0.480 e. The average Bonchev–Trinajstić information content (AvgIpc) is 2.42. The molecule has 1 rings (SSSR count). The summed E-state index contributed by atoms with van der Waals surface area (Å²) in [6.07, 6.45) is -1.17. The van der Waals surface area contributed by atoms with Gasteiger partial charge in [-0.2, -0.15) is 13.2 Å². The molecule has 0 aliphatic heterocycles. The van der Waals surface area contributed by atoms with Crippen LogP contribution in [0.3, 0.4) is 0 Å². The highest BCUT2D eigenvalue weighted by Crippen LogP contribution is 2.29. The second kappa shape index (κ2) is 6.92. The highest BCUT2D eigenvalue weighted by molar-refractivity contribution is 5.96. The molecule has 1 unspecified atom stereocenters. The first-order valence-electron chi connectivity index (χ1n) is 6.07. The van der Waals surface area contributed by atoms with Gasteiger partial charge in [0.15, 0.2) is 0 Å². The van der Waals surface area contributed by atoms with E-state index in [1.54, 1.807) is 19.1 Å². The summed E-state index contributed by atoms with van der Waals surface area (Å²) in [4.78, 5) is 22.8. The number of carbonyl (C=O) groups excluding carboxylic acids is 1. The monoisotopic (exact) mass is 301 g/mol. The number of hydrogen-bond acceptors (Lipinski definition) is 2. The van der Waals surface area contributed by atoms with Crippen LogP contribution in [0, 0.1) is 0 Å². The van der Waals surface area contributed by atoms with Crippen LogP contribution in [0.25, 0.3) is 0 Å². The average molecular weight is 301 g/mol. The van der Waals surface area contributed by atoms with Crippen LogP contribution < -0.4 is 5.32 Å². The number of benzene rings is 1. The number of carbonyl (C=O) groups is 2. The van der Waals surface area contributed by atoms with Crippen LogP contribution in [0.4, 0.5) is 13.2 Å². The van der Waals surface area contributed by atoms with Gasteiger partial charge < -0.3 is 10.4 Å². The van der Waals surface area contributed by atoms with E-state index in [-0.39, 0.29) is 12.0 Å². The number of aliphatic carboxylic acids is 1. The number of nitrogens with one attached hydrogen (secondary N) is 1. The van der Waals surface area contributed by atoms with Crippen LogP contribution in [0.1, 0.15) is 29.3 Å². The molecule has 0 fully saturated rings. The lowest BCUT2D eigenvalue weighted by molar-refractivity contribution is -0.139. The van der Waals surface area contributed by atoms with Gasteiger partial charge in [0.05, 0.1) is 5.56 Å². The van der Waals surface area contributed by atoms with E-state index in [1.165, 1.54) is 0 Å². The fourth-order valence-electron chi connectivity index (χ4n) is 1.55. The summed E-state index contributed by atoms with van der Waals surface area (Å²) in [7, 11) is 0. The summed E-state index contributed by atoms with van der Waals surface area (Å²) < 4.78 is 37.2. The van der Waals surface area contributed by atoms with Gasteiger partial charge in [-0.05, 0) is 37.6 Å². The maximum atomic E-state index is 12.4. The predicted octanol–water partition coefficient (Wildman–Crippen LogP) is 2.85. The molecule has 1 aromatic rings. The van der Waals surface area contributed by atoms with Crippen molar-refractivity contribution in [1.29, 1.82) is 0 Å². The van der Waals surface area contributed by atoms with E-state index in [0.717, 1.165) is 24.3 Å². The normalized spacial score (nSPS) is 13.1. The molecule has 0 aromatic heterocycles. The first-order chi connectivity index (χ1) is 9.75. The third kappa shape index (κ3) is 4.94. The van der Waals surface area contributed by atoms with Gasteiger partial charge in [0, 0.05) is 5.56 Å². The molecular formula is C14H14F3NO3. The van der Waals surface area contributed by atoms with Crippen molar-refractivity contribution >= 4 is 11.9 Å². The fraction of sp³-hybridized carbons (Fsp3) is 0.286. The lowest BCUT2D eigenvalue weighted by Crippen LogP contribution is -2.40. The number of alkyl halides is 3. The molecule has 0 saturated heterocycles. The minimum absolute atomic E-state index is 0.0327. The Morgan fingerprint density at radius 3 is 2.29 bits per heavy atom. The quantitative estimate of drug-likeness (QED) is 0.822. The molecule has 1 atom stereocenters. The molecule has 1 aromatic carbocycles. The van der Waals surface area contributed by atoms with Gasteiger partial charge in [-0.3, -0.25) is 4.79 Å². The van der Waals surface area contributed by atoms with Crippen molar-refractivity contribution in [2.75, 3.05) is 0 Å². The smallest absolute Gasteiger partial charge is 0.416 e. The van der Waals surface area contributed by atoms with E-state index in [9.17, 15) is 22.8 Å². The van der Waals surface area contributed by atoms with E-state index >= 15 is 0 Å². The molecule has 0 aliphatic carbocycles. The standard InChI is InChI=1S/C14H14F3NO3/c1-2-3-4-11(13(20)21)18-12(19)9-5-7-10(8-6-9)14(15,16)17/h2-3,5-8,11H,4H2,1H3,(H,18,19)(H,20,21)/b3-2+. The molecule has 0 aliphatic rings. The zero-order valence-corrected chi connectivity index (χ0v) is 11.1. The molecule has 0 heterocycles. The van der Waals surface area contributed by atoms with Gasteiger partial charge >= 0.3 is 12.1 Å². The van der Waals surface area contributed by atoms with Crippen molar-refractivity contribution in [1.82, 2.24) is 5.32 Å². The highest BCUT2D eigenvalue weighted by Gasteiger charge is 2.30. The van der Waals surface area contributed by atoms with Crippen molar-refractivity contribution in [2.45, 2.75) is 25.6 Å². The van der Waals surface area contributed by atoms with Crippen molar-refractivity contribution in [3.05, 3.63) is 47.5 Å². The number of carboxylic acid groups (broad SMARTS) is 1. The molecule has 0 saturated carbocycles. The summed E-state index contributed by atoms with van der Waals surface area (Å²) in [5, 5.41) is 11.2. The summed E-state index contributed by atoms with van der Waals surface area (Å²) in [5.41, 5.74) is -0.905. The van der Waals surface area contributed by atoms with Gasteiger partial charge in [-0.25, -0.2) is 4.79 Å². The Morgan fingerprint density at radius 1 is 1.29 bits per heavy atom. The topological polar surface area (TPSA) is 66.4 Å². The maximum absolute atomic E-state index is 12.4. The molecule has 2 N–H and O–H groups in total. The van der Waals surface area contributed by atoms with E-state index in [2.05, 4.69) is 5.32 Å². The molecule has 1 amide bonds. The summed E-state index contributed by atoms with van der Waals surface area (Å²) >= 11 is 0. The molecule has 0 radical (unpaired) electrons. The zero-order valence-electron chi connectivity index (χ0n) is 11.1. The SMILES string of the molecule is C/C=C/CC(NC(=O)c1ccc(C(F)(F)F)cc1)C(=O)O. The van der Waals surface area contributed by atoms with E-state index in [1.807, 2.05) is 0 Å². The van der Waals surface area contributed by atoms with Crippen LogP contribution in [-0.4, -0.2) is 23.0 Å². The zero-order chi connectivity index (χ0) is 16.0. The summed E-state index contributed by atoms with van der Waals surface area (Å²) in [6.45, 7) is 1.70. The van der Waals surface area contributed by atoms with E-state index in [0.29, 0.717) is 0 Å². The van der Waals surface area contributed by atoms with Gasteiger partial charge in [0.1, 0.15) is 6.04 Å². The van der Waals surface area contributed by atoms with Gasteiger partial charge in [-0.1, -0.05) is 12.2 Å². The molecular weight excluding hydrogens is 287 g/mol. The lowest BCUT2D eigenvalue weighted by Gasteiger charge is -2.13. The molecule has 0 bridgehead atoms. The Labute approximate surface area is 119 Å². The number of carboxylic acids is 1. The maximum Gasteiger partial charge on any atom is 0.416 e. The largest absolute Gasteiger partial charge is 0.480 e. The van der Waals surface area contributed by atoms with Crippen LogP contribution >= 0.6 is 0 Å². The van der Waals surface area contributed by atoms with Gasteiger partial charge in [0.2, 0.25) is 0 Å². The molecule has 0 spiro atoms. The van der Waals surface area contributed by atoms with E-state index in [4.69, 9.17) is 5.11 Å². The number of hydrogen-bond donors (Lipinski definition) is 2. The Morgan fingerprint density at radius 2 is 1.86 bits per heavy atom. The second-order valence-corrected chi connectivity index (χ2v) is 4.24.